The molecule has 2 unspecified atom stereocenters. The lowest BCUT2D eigenvalue weighted by atomic mass is 9.78. The number of carbonyl (C=O) groups is 2. The van der Waals surface area contributed by atoms with Crippen molar-refractivity contribution in [2.24, 2.45) is 16.8 Å². The number of nitrogens with one attached hydrogen (secondary N) is 3. The average molecular weight is 465 g/mol. The Labute approximate surface area is 167 Å². The maximum Gasteiger partial charge on any atom is 0.324 e. The number of urea groups is 1. The minimum absolute atomic E-state index is 0. The highest BCUT2D eigenvalue weighted by atomic mass is 127. The lowest BCUT2D eigenvalue weighted by Crippen LogP contribution is -2.48. The molecule has 1 saturated carbocycles. The monoisotopic (exact) mass is 465 g/mol. The first-order valence-electron chi connectivity index (χ1n) is 9.08. The molecule has 0 aromatic rings. The van der Waals surface area contributed by atoms with Crippen LogP contribution in [0.15, 0.2) is 4.99 Å². The van der Waals surface area contributed by atoms with E-state index in [-0.39, 0.29) is 42.5 Å². The van der Waals surface area contributed by atoms with Crippen LogP contribution in [0.4, 0.5) is 4.79 Å². The van der Waals surface area contributed by atoms with E-state index in [1.54, 1.807) is 7.05 Å². The zero-order chi connectivity index (χ0) is 17.5. The van der Waals surface area contributed by atoms with Crippen molar-refractivity contribution in [2.75, 3.05) is 26.7 Å². The van der Waals surface area contributed by atoms with E-state index in [2.05, 4.69) is 34.8 Å². The third-order valence-electron chi connectivity index (χ3n) is 5.33. The molecule has 2 rings (SSSR count). The number of rotatable bonds is 6. The van der Waals surface area contributed by atoms with E-state index in [1.165, 1.54) is 37.0 Å². The molecule has 0 aromatic carbocycles. The Hall–Kier alpha value is -1.06. The molecule has 25 heavy (non-hydrogen) atoms. The molecule has 0 aromatic heterocycles. The van der Waals surface area contributed by atoms with E-state index in [1.807, 2.05) is 0 Å². The van der Waals surface area contributed by atoms with Crippen molar-refractivity contribution in [2.45, 2.75) is 52.0 Å². The van der Waals surface area contributed by atoms with E-state index in [0.717, 1.165) is 11.9 Å². The minimum Gasteiger partial charge on any atom is -0.355 e. The molecule has 3 amide bonds. The van der Waals surface area contributed by atoms with E-state index in [4.69, 9.17) is 0 Å². The summed E-state index contributed by atoms with van der Waals surface area (Å²) in [5, 5.41) is 9.16. The van der Waals surface area contributed by atoms with Gasteiger partial charge in [-0.3, -0.25) is 14.7 Å². The van der Waals surface area contributed by atoms with Crippen LogP contribution in [0.1, 0.15) is 46.0 Å². The number of aliphatic imine (C=N–C) groups is 1. The largest absolute Gasteiger partial charge is 0.355 e. The van der Waals surface area contributed by atoms with Gasteiger partial charge in [-0.15, -0.1) is 24.0 Å². The maximum absolute atomic E-state index is 11.5. The van der Waals surface area contributed by atoms with Crippen LogP contribution in [-0.2, 0) is 4.79 Å². The molecular formula is C17H32IN5O2. The summed E-state index contributed by atoms with van der Waals surface area (Å²) < 4.78 is 0. The third kappa shape index (κ3) is 6.31. The zero-order valence-electron chi connectivity index (χ0n) is 15.5. The first kappa shape index (κ1) is 22.0. The normalized spacial score (nSPS) is 21.4. The topological polar surface area (TPSA) is 85.8 Å². The molecule has 0 bridgehead atoms. The number of carbonyl (C=O) groups excluding carboxylic acids is 2. The van der Waals surface area contributed by atoms with Gasteiger partial charge in [0.05, 0.1) is 6.54 Å². The Bertz CT molecular complexity index is 464. The van der Waals surface area contributed by atoms with Crippen LogP contribution in [0.25, 0.3) is 0 Å². The molecule has 2 atom stereocenters. The fourth-order valence-electron chi connectivity index (χ4n) is 3.58. The molecule has 1 heterocycles. The SMILES string of the molecule is CN=C(NCCN1C(=O)CNC1=O)NC(C)C(C)C1CCCCC1.I. The van der Waals surface area contributed by atoms with E-state index in [9.17, 15) is 9.59 Å². The Morgan fingerprint density at radius 3 is 2.52 bits per heavy atom. The van der Waals surface area contributed by atoms with Crippen LogP contribution >= 0.6 is 24.0 Å². The van der Waals surface area contributed by atoms with Gasteiger partial charge in [-0.25, -0.2) is 4.79 Å². The van der Waals surface area contributed by atoms with Crippen molar-refractivity contribution < 1.29 is 9.59 Å². The number of hydrogen-bond acceptors (Lipinski definition) is 3. The van der Waals surface area contributed by atoms with Crippen molar-refractivity contribution in [3.8, 4) is 0 Å². The van der Waals surface area contributed by atoms with Gasteiger partial charge >= 0.3 is 6.03 Å². The summed E-state index contributed by atoms with van der Waals surface area (Å²) in [6, 6.07) is 0.0139. The van der Waals surface area contributed by atoms with Crippen molar-refractivity contribution >= 4 is 41.9 Å². The van der Waals surface area contributed by atoms with Gasteiger partial charge in [0.15, 0.2) is 5.96 Å². The average Bonchev–Trinajstić information content (AvgIpc) is 2.92. The van der Waals surface area contributed by atoms with Gasteiger partial charge in [0.25, 0.3) is 0 Å². The van der Waals surface area contributed by atoms with Gasteiger partial charge in [0, 0.05) is 26.2 Å². The summed E-state index contributed by atoms with van der Waals surface area (Å²) in [7, 11) is 1.74. The molecule has 8 heteroatoms. The Morgan fingerprint density at radius 2 is 1.96 bits per heavy atom. The molecule has 1 saturated heterocycles. The van der Waals surface area contributed by atoms with Crippen LogP contribution in [0.3, 0.4) is 0 Å². The summed E-state index contributed by atoms with van der Waals surface area (Å²) in [5.74, 6) is 1.92. The highest BCUT2D eigenvalue weighted by Crippen LogP contribution is 2.31. The third-order valence-corrected chi connectivity index (χ3v) is 5.33. The number of imide groups is 1. The highest BCUT2D eigenvalue weighted by Gasteiger charge is 2.28. The van der Waals surface area contributed by atoms with Crippen LogP contribution in [-0.4, -0.2) is 55.5 Å². The van der Waals surface area contributed by atoms with Gasteiger partial charge in [-0.05, 0) is 18.8 Å². The summed E-state index contributed by atoms with van der Waals surface area (Å²) in [5.41, 5.74) is 0. The second-order valence-electron chi connectivity index (χ2n) is 6.89. The van der Waals surface area contributed by atoms with Gasteiger partial charge < -0.3 is 16.0 Å². The van der Waals surface area contributed by atoms with Gasteiger partial charge in [-0.1, -0.05) is 39.0 Å². The maximum atomic E-state index is 11.5. The number of amides is 3. The van der Waals surface area contributed by atoms with Crippen molar-refractivity contribution in [1.29, 1.82) is 0 Å². The lowest BCUT2D eigenvalue weighted by molar-refractivity contribution is -0.124. The summed E-state index contributed by atoms with van der Waals surface area (Å²) in [6.07, 6.45) is 6.72. The second kappa shape index (κ2) is 10.8. The fourth-order valence-corrected chi connectivity index (χ4v) is 3.58. The summed E-state index contributed by atoms with van der Waals surface area (Å²) in [4.78, 5) is 28.5. The standard InChI is InChI=1S/C17H31N5O2.HI/c1-12(14-7-5-4-6-8-14)13(2)21-16(18-3)19-9-10-22-15(23)11-20-17(22)24;/h12-14H,4-11H2,1-3H3,(H,20,24)(H2,18,19,21);1H. The highest BCUT2D eigenvalue weighted by molar-refractivity contribution is 14.0. The van der Waals surface area contributed by atoms with E-state index >= 15 is 0 Å². The summed E-state index contributed by atoms with van der Waals surface area (Å²) >= 11 is 0. The predicted molar refractivity (Wildman–Crippen MR) is 110 cm³/mol. The number of halogens is 1. The van der Waals surface area contributed by atoms with Crippen LogP contribution in [0.2, 0.25) is 0 Å². The number of guanidine groups is 1. The lowest BCUT2D eigenvalue weighted by Gasteiger charge is -2.33. The fraction of sp³-hybridized carbons (Fsp3) is 0.824. The van der Waals surface area contributed by atoms with Crippen molar-refractivity contribution in [3.63, 3.8) is 0 Å². The van der Waals surface area contributed by atoms with E-state index < -0.39 is 0 Å². The first-order chi connectivity index (χ1) is 11.5. The van der Waals surface area contributed by atoms with Crippen LogP contribution in [0.5, 0.6) is 0 Å². The molecule has 7 nitrogen and oxygen atoms in total. The number of hydrogen-bond donors (Lipinski definition) is 3. The molecular weight excluding hydrogens is 433 g/mol. The minimum atomic E-state index is -0.316. The smallest absolute Gasteiger partial charge is 0.324 e. The molecule has 2 fully saturated rings. The molecule has 144 valence electrons. The molecule has 3 N–H and O–H groups in total. The number of nitrogens with zero attached hydrogens (tertiary/aromatic N) is 2. The Morgan fingerprint density at radius 1 is 1.28 bits per heavy atom. The molecule has 1 aliphatic carbocycles. The second-order valence-corrected chi connectivity index (χ2v) is 6.89. The van der Waals surface area contributed by atoms with Gasteiger partial charge in [0.2, 0.25) is 5.91 Å². The van der Waals surface area contributed by atoms with Crippen LogP contribution < -0.4 is 16.0 Å². The summed E-state index contributed by atoms with van der Waals surface area (Å²) in [6.45, 7) is 5.45. The zero-order valence-corrected chi connectivity index (χ0v) is 17.8. The quantitative estimate of drug-likeness (QED) is 0.242. The van der Waals surface area contributed by atoms with Crippen LogP contribution in [0, 0.1) is 11.8 Å². The Balaban J connectivity index is 0.00000312. The molecule has 0 spiro atoms. The van der Waals surface area contributed by atoms with Gasteiger partial charge in [0.1, 0.15) is 0 Å². The molecule has 2 aliphatic rings. The van der Waals surface area contributed by atoms with Gasteiger partial charge in [-0.2, -0.15) is 0 Å². The predicted octanol–water partition coefficient (Wildman–Crippen LogP) is 1.93. The van der Waals surface area contributed by atoms with Crippen molar-refractivity contribution in [3.05, 3.63) is 0 Å². The first-order valence-corrected chi connectivity index (χ1v) is 9.08. The molecule has 1 aliphatic heterocycles. The Kier molecular flexibility index (Phi) is 9.52. The van der Waals surface area contributed by atoms with Crippen molar-refractivity contribution in [1.82, 2.24) is 20.9 Å². The molecule has 0 radical (unpaired) electrons. The van der Waals surface area contributed by atoms with E-state index in [0.29, 0.717) is 25.0 Å².